The van der Waals surface area contributed by atoms with Crippen molar-refractivity contribution in [3.63, 3.8) is 0 Å². The Morgan fingerprint density at radius 2 is 2.42 bits per heavy atom. The molecule has 1 saturated heterocycles. The number of morpholine rings is 1. The SMILES string of the molecule is CN1CCOC(CNC(=O)c2ccc(Cl)c(N)c2)C1. The van der Waals surface area contributed by atoms with Crippen LogP contribution in [0.25, 0.3) is 0 Å². The summed E-state index contributed by atoms with van der Waals surface area (Å²) in [5.74, 6) is -0.166. The molecule has 1 amide bonds. The Hall–Kier alpha value is -1.30. The van der Waals surface area contributed by atoms with Crippen molar-refractivity contribution in [3.8, 4) is 0 Å². The average Bonchev–Trinajstić information content (AvgIpc) is 2.39. The number of benzene rings is 1. The van der Waals surface area contributed by atoms with E-state index in [0.29, 0.717) is 29.4 Å². The van der Waals surface area contributed by atoms with Gasteiger partial charge in [0, 0.05) is 25.2 Å². The van der Waals surface area contributed by atoms with E-state index in [1.807, 2.05) is 7.05 Å². The number of rotatable bonds is 3. The maximum atomic E-state index is 12.0. The number of nitrogens with one attached hydrogen (secondary N) is 1. The van der Waals surface area contributed by atoms with Gasteiger partial charge in [-0.3, -0.25) is 4.79 Å². The Morgan fingerprint density at radius 3 is 3.11 bits per heavy atom. The zero-order valence-electron chi connectivity index (χ0n) is 10.9. The van der Waals surface area contributed by atoms with Gasteiger partial charge in [-0.15, -0.1) is 0 Å². The van der Waals surface area contributed by atoms with Gasteiger partial charge in [0.25, 0.3) is 5.91 Å². The number of amides is 1. The van der Waals surface area contributed by atoms with E-state index in [1.54, 1.807) is 18.2 Å². The van der Waals surface area contributed by atoms with E-state index in [4.69, 9.17) is 22.1 Å². The number of nitrogens with zero attached hydrogens (tertiary/aromatic N) is 1. The average molecular weight is 284 g/mol. The molecule has 19 heavy (non-hydrogen) atoms. The Balaban J connectivity index is 1.88. The maximum Gasteiger partial charge on any atom is 0.251 e. The van der Waals surface area contributed by atoms with Crippen LogP contribution >= 0.6 is 11.6 Å². The number of halogens is 1. The fraction of sp³-hybridized carbons (Fsp3) is 0.462. The number of hydrogen-bond donors (Lipinski definition) is 2. The summed E-state index contributed by atoms with van der Waals surface area (Å²) < 4.78 is 5.58. The van der Waals surface area contributed by atoms with Crippen molar-refractivity contribution < 1.29 is 9.53 Å². The van der Waals surface area contributed by atoms with E-state index < -0.39 is 0 Å². The highest BCUT2D eigenvalue weighted by Crippen LogP contribution is 2.19. The zero-order valence-corrected chi connectivity index (χ0v) is 11.6. The van der Waals surface area contributed by atoms with Crippen LogP contribution in [0.3, 0.4) is 0 Å². The van der Waals surface area contributed by atoms with Gasteiger partial charge in [0.05, 0.1) is 23.4 Å². The quantitative estimate of drug-likeness (QED) is 0.812. The number of likely N-dealkylation sites (N-methyl/N-ethyl adjacent to an activating group) is 1. The number of nitrogen functional groups attached to an aromatic ring is 1. The van der Waals surface area contributed by atoms with E-state index in [1.165, 1.54) is 0 Å². The Labute approximate surface area is 117 Å². The molecule has 3 N–H and O–H groups in total. The summed E-state index contributed by atoms with van der Waals surface area (Å²) in [6.45, 7) is 2.94. The molecule has 0 aromatic heterocycles. The Bertz CT molecular complexity index is 467. The number of hydrogen-bond acceptors (Lipinski definition) is 4. The van der Waals surface area contributed by atoms with Crippen LogP contribution in [-0.2, 0) is 4.74 Å². The number of carbonyl (C=O) groups is 1. The largest absolute Gasteiger partial charge is 0.398 e. The highest BCUT2D eigenvalue weighted by atomic mass is 35.5. The molecule has 104 valence electrons. The third kappa shape index (κ3) is 3.83. The second-order valence-electron chi connectivity index (χ2n) is 4.70. The van der Waals surface area contributed by atoms with Crippen LogP contribution in [-0.4, -0.2) is 50.2 Å². The topological polar surface area (TPSA) is 67.6 Å². The molecule has 1 aliphatic heterocycles. The molecule has 1 unspecified atom stereocenters. The summed E-state index contributed by atoms with van der Waals surface area (Å²) in [5, 5.41) is 3.30. The molecule has 0 saturated carbocycles. The minimum atomic E-state index is -0.166. The first-order chi connectivity index (χ1) is 9.06. The van der Waals surface area contributed by atoms with Gasteiger partial charge >= 0.3 is 0 Å². The molecule has 2 rings (SSSR count). The van der Waals surface area contributed by atoms with Gasteiger partial charge in [-0.25, -0.2) is 0 Å². The molecule has 1 aromatic carbocycles. The summed E-state index contributed by atoms with van der Waals surface area (Å²) in [6.07, 6.45) is 0.0346. The molecule has 0 radical (unpaired) electrons. The van der Waals surface area contributed by atoms with Gasteiger partial charge in [-0.1, -0.05) is 11.6 Å². The molecule has 0 spiro atoms. The summed E-state index contributed by atoms with van der Waals surface area (Å²) in [6, 6.07) is 4.85. The van der Waals surface area contributed by atoms with Crippen LogP contribution in [0, 0.1) is 0 Å². The number of ether oxygens (including phenoxy) is 1. The smallest absolute Gasteiger partial charge is 0.251 e. The molecule has 1 aliphatic rings. The maximum absolute atomic E-state index is 12.0. The molecule has 1 fully saturated rings. The monoisotopic (exact) mass is 283 g/mol. The molecule has 1 aromatic rings. The summed E-state index contributed by atoms with van der Waals surface area (Å²) in [7, 11) is 2.04. The second-order valence-corrected chi connectivity index (χ2v) is 5.11. The standard InChI is InChI=1S/C13H18ClN3O2/c1-17-4-5-19-10(8-17)7-16-13(18)9-2-3-11(14)12(15)6-9/h2-3,6,10H,4-5,7-8,15H2,1H3,(H,16,18). The van der Waals surface area contributed by atoms with Gasteiger partial charge in [0.1, 0.15) is 0 Å². The molecule has 1 atom stereocenters. The van der Waals surface area contributed by atoms with Crippen molar-refractivity contribution in [1.82, 2.24) is 10.2 Å². The fourth-order valence-corrected chi connectivity index (χ4v) is 2.10. The van der Waals surface area contributed by atoms with Gasteiger partial charge in [-0.2, -0.15) is 0 Å². The van der Waals surface area contributed by atoms with E-state index in [2.05, 4.69) is 10.2 Å². The minimum Gasteiger partial charge on any atom is -0.398 e. The van der Waals surface area contributed by atoms with Crippen LogP contribution < -0.4 is 11.1 Å². The van der Waals surface area contributed by atoms with Crippen LogP contribution in [0.15, 0.2) is 18.2 Å². The van der Waals surface area contributed by atoms with Gasteiger partial charge in [-0.05, 0) is 25.2 Å². The first-order valence-electron chi connectivity index (χ1n) is 6.19. The summed E-state index contributed by atoms with van der Waals surface area (Å²) >= 11 is 5.82. The predicted molar refractivity (Wildman–Crippen MR) is 75.4 cm³/mol. The third-order valence-electron chi connectivity index (χ3n) is 3.09. The fourth-order valence-electron chi connectivity index (χ4n) is 1.98. The Morgan fingerprint density at radius 1 is 1.63 bits per heavy atom. The minimum absolute atomic E-state index is 0.0346. The van der Waals surface area contributed by atoms with Crippen LogP contribution in [0.2, 0.25) is 5.02 Å². The predicted octanol–water partition coefficient (Wildman–Crippen LogP) is 0.983. The van der Waals surface area contributed by atoms with E-state index in [9.17, 15) is 4.79 Å². The van der Waals surface area contributed by atoms with Crippen molar-refractivity contribution in [1.29, 1.82) is 0 Å². The zero-order chi connectivity index (χ0) is 13.8. The van der Waals surface area contributed by atoms with E-state index in [0.717, 1.165) is 13.1 Å². The lowest BCUT2D eigenvalue weighted by Crippen LogP contribution is -2.45. The Kier molecular flexibility index (Phi) is 4.63. The van der Waals surface area contributed by atoms with Crippen molar-refractivity contribution in [2.45, 2.75) is 6.10 Å². The molecular formula is C13H18ClN3O2. The number of carbonyl (C=O) groups excluding carboxylic acids is 1. The third-order valence-corrected chi connectivity index (χ3v) is 3.43. The molecule has 5 nitrogen and oxygen atoms in total. The lowest BCUT2D eigenvalue weighted by atomic mass is 10.2. The van der Waals surface area contributed by atoms with Crippen molar-refractivity contribution in [2.75, 3.05) is 39.0 Å². The van der Waals surface area contributed by atoms with Crippen LogP contribution in [0.5, 0.6) is 0 Å². The van der Waals surface area contributed by atoms with Crippen LogP contribution in [0.4, 0.5) is 5.69 Å². The van der Waals surface area contributed by atoms with Crippen molar-refractivity contribution in [2.24, 2.45) is 0 Å². The molecule has 6 heteroatoms. The molecule has 0 aliphatic carbocycles. The van der Waals surface area contributed by atoms with Crippen molar-refractivity contribution in [3.05, 3.63) is 28.8 Å². The first kappa shape index (κ1) is 14.1. The highest BCUT2D eigenvalue weighted by molar-refractivity contribution is 6.33. The summed E-state index contributed by atoms with van der Waals surface area (Å²) in [5.41, 5.74) is 6.58. The molecule has 1 heterocycles. The van der Waals surface area contributed by atoms with Gasteiger partial charge in [0.2, 0.25) is 0 Å². The molecular weight excluding hydrogens is 266 g/mol. The summed E-state index contributed by atoms with van der Waals surface area (Å²) in [4.78, 5) is 14.1. The second kappa shape index (κ2) is 6.23. The lowest BCUT2D eigenvalue weighted by Gasteiger charge is -2.30. The van der Waals surface area contributed by atoms with Gasteiger partial charge < -0.3 is 20.7 Å². The first-order valence-corrected chi connectivity index (χ1v) is 6.57. The van der Waals surface area contributed by atoms with Gasteiger partial charge in [0.15, 0.2) is 0 Å². The number of nitrogens with two attached hydrogens (primary N) is 1. The van der Waals surface area contributed by atoms with E-state index in [-0.39, 0.29) is 12.0 Å². The van der Waals surface area contributed by atoms with Crippen molar-refractivity contribution >= 4 is 23.2 Å². The highest BCUT2D eigenvalue weighted by Gasteiger charge is 2.18. The van der Waals surface area contributed by atoms with E-state index >= 15 is 0 Å². The number of anilines is 1. The lowest BCUT2D eigenvalue weighted by molar-refractivity contribution is -0.0175. The normalized spacial score (nSPS) is 20.2. The molecule has 0 bridgehead atoms. The van der Waals surface area contributed by atoms with Crippen LogP contribution in [0.1, 0.15) is 10.4 Å².